The van der Waals surface area contributed by atoms with Gasteiger partial charge in [-0.3, -0.25) is 0 Å². The molecule has 0 amide bonds. The Labute approximate surface area is 106 Å². The van der Waals surface area contributed by atoms with E-state index in [9.17, 15) is 9.59 Å². The summed E-state index contributed by atoms with van der Waals surface area (Å²) >= 11 is 0. The van der Waals surface area contributed by atoms with Gasteiger partial charge in [-0.05, 0) is 31.4 Å². The third-order valence-electron chi connectivity index (χ3n) is 2.44. The lowest BCUT2D eigenvalue weighted by atomic mass is 10.0. The van der Waals surface area contributed by atoms with E-state index in [-0.39, 0.29) is 0 Å². The maximum absolute atomic E-state index is 11.4. The summed E-state index contributed by atoms with van der Waals surface area (Å²) in [5.74, 6) is -1.34. The largest absolute Gasteiger partial charge is 0.478 e. The summed E-state index contributed by atoms with van der Waals surface area (Å²) in [5.41, 5.74) is 2.90. The van der Waals surface area contributed by atoms with Gasteiger partial charge in [0.15, 0.2) is 0 Å². The minimum absolute atomic E-state index is 0.517. The van der Waals surface area contributed by atoms with Crippen molar-refractivity contribution in [2.75, 3.05) is 0 Å². The van der Waals surface area contributed by atoms with Crippen molar-refractivity contribution in [3.8, 4) is 5.75 Å². The van der Waals surface area contributed by atoms with Crippen molar-refractivity contribution in [3.05, 3.63) is 41.0 Å². The summed E-state index contributed by atoms with van der Waals surface area (Å²) in [6.45, 7) is 5.80. The number of carbonyl (C=O) groups excluding carboxylic acids is 1. The highest BCUT2D eigenvalue weighted by Gasteiger charge is 2.10. The van der Waals surface area contributed by atoms with Gasteiger partial charge in [-0.2, -0.15) is 0 Å². The second-order valence-corrected chi connectivity index (χ2v) is 4.02. The Morgan fingerprint density at radius 3 is 2.50 bits per heavy atom. The molecule has 0 aliphatic rings. The summed E-state index contributed by atoms with van der Waals surface area (Å²) < 4.78 is 5.18. The van der Waals surface area contributed by atoms with Gasteiger partial charge >= 0.3 is 11.9 Å². The average molecular weight is 248 g/mol. The van der Waals surface area contributed by atoms with Gasteiger partial charge in [0.25, 0.3) is 0 Å². The van der Waals surface area contributed by atoms with Crippen LogP contribution in [0.4, 0.5) is 0 Å². The molecule has 0 bridgehead atoms. The van der Waals surface area contributed by atoms with Gasteiger partial charge in [-0.25, -0.2) is 9.59 Å². The summed E-state index contributed by atoms with van der Waals surface area (Å²) in [7, 11) is 0. The molecule has 0 saturated heterocycles. The molecule has 18 heavy (non-hydrogen) atoms. The molecular formula is C14H16O4. The number of ether oxygens (including phenoxy) is 1. The highest BCUT2D eigenvalue weighted by molar-refractivity contribution is 5.92. The lowest BCUT2D eigenvalue weighted by Gasteiger charge is -2.11. The molecule has 1 N–H and O–H groups in total. The zero-order valence-electron chi connectivity index (χ0n) is 10.7. The number of benzene rings is 1. The van der Waals surface area contributed by atoms with Crippen molar-refractivity contribution in [1.29, 1.82) is 0 Å². The minimum Gasteiger partial charge on any atom is -0.478 e. The molecule has 96 valence electrons. The molecule has 1 aromatic carbocycles. The monoisotopic (exact) mass is 248 g/mol. The zero-order chi connectivity index (χ0) is 13.7. The third-order valence-corrected chi connectivity index (χ3v) is 2.44. The fourth-order valence-electron chi connectivity index (χ4n) is 1.72. The van der Waals surface area contributed by atoms with Crippen LogP contribution in [0.15, 0.2) is 24.3 Å². The van der Waals surface area contributed by atoms with Crippen molar-refractivity contribution < 1.29 is 19.4 Å². The van der Waals surface area contributed by atoms with Crippen LogP contribution in [0, 0.1) is 13.8 Å². The molecule has 0 atom stereocenters. The van der Waals surface area contributed by atoms with E-state index in [1.54, 1.807) is 0 Å². The van der Waals surface area contributed by atoms with Gasteiger partial charge in [0.1, 0.15) is 5.75 Å². The topological polar surface area (TPSA) is 63.6 Å². The summed E-state index contributed by atoms with van der Waals surface area (Å²) in [5, 5.41) is 8.43. The van der Waals surface area contributed by atoms with Crippen LogP contribution in [0.25, 0.3) is 0 Å². The summed E-state index contributed by atoms with van der Waals surface area (Å²) in [4.78, 5) is 21.7. The average Bonchev–Trinajstić information content (AvgIpc) is 2.29. The van der Waals surface area contributed by atoms with Gasteiger partial charge in [-0.1, -0.05) is 24.6 Å². The van der Waals surface area contributed by atoms with Crippen LogP contribution in [0.5, 0.6) is 5.75 Å². The van der Waals surface area contributed by atoms with Crippen molar-refractivity contribution in [2.24, 2.45) is 0 Å². The lowest BCUT2D eigenvalue weighted by Crippen LogP contribution is -2.08. The van der Waals surface area contributed by atoms with Gasteiger partial charge in [0.2, 0.25) is 0 Å². The Morgan fingerprint density at radius 2 is 1.94 bits per heavy atom. The molecule has 0 heterocycles. The highest BCUT2D eigenvalue weighted by Crippen LogP contribution is 2.26. The van der Waals surface area contributed by atoms with Crippen molar-refractivity contribution in [1.82, 2.24) is 0 Å². The first kappa shape index (κ1) is 14.0. The molecule has 4 heteroatoms. The Kier molecular flexibility index (Phi) is 4.66. The number of carboxylic acid groups (broad SMARTS) is 1. The number of esters is 1. The van der Waals surface area contributed by atoms with Crippen LogP contribution in [-0.2, 0) is 16.0 Å². The fourth-order valence-corrected chi connectivity index (χ4v) is 1.72. The molecule has 0 aromatic heterocycles. The van der Waals surface area contributed by atoms with Crippen molar-refractivity contribution >= 4 is 11.9 Å². The predicted octanol–water partition coefficient (Wildman–Crippen LogP) is 2.41. The number of carboxylic acids is 1. The van der Waals surface area contributed by atoms with E-state index in [2.05, 4.69) is 0 Å². The number of rotatable bonds is 4. The van der Waals surface area contributed by atoms with Gasteiger partial charge < -0.3 is 9.84 Å². The molecule has 1 rings (SSSR count). The third kappa shape index (κ3) is 3.73. The van der Waals surface area contributed by atoms with Crippen LogP contribution in [-0.4, -0.2) is 17.0 Å². The maximum atomic E-state index is 11.4. The van der Waals surface area contributed by atoms with E-state index in [1.807, 2.05) is 32.9 Å². The predicted molar refractivity (Wildman–Crippen MR) is 67.7 cm³/mol. The van der Waals surface area contributed by atoms with Crippen molar-refractivity contribution in [2.45, 2.75) is 27.2 Å². The standard InChI is InChI=1S/C14H16O4/c1-4-11-8-9(2)7-10(3)14(11)18-13(17)6-5-12(15)16/h5-8H,4H2,1-3H3,(H,15,16)/b6-5+. The molecule has 1 aromatic rings. The molecule has 0 aliphatic heterocycles. The Hall–Kier alpha value is -2.10. The Morgan fingerprint density at radius 1 is 1.28 bits per heavy atom. The zero-order valence-corrected chi connectivity index (χ0v) is 10.7. The van der Waals surface area contributed by atoms with E-state index < -0.39 is 11.9 Å². The number of carbonyl (C=O) groups is 2. The summed E-state index contributed by atoms with van der Waals surface area (Å²) in [6, 6.07) is 3.87. The van der Waals surface area contributed by atoms with Gasteiger partial charge in [-0.15, -0.1) is 0 Å². The van der Waals surface area contributed by atoms with E-state index in [0.717, 1.165) is 35.3 Å². The number of hydrogen-bond donors (Lipinski definition) is 1. The van der Waals surface area contributed by atoms with E-state index in [0.29, 0.717) is 5.75 Å². The molecule has 0 radical (unpaired) electrons. The van der Waals surface area contributed by atoms with E-state index in [1.165, 1.54) is 0 Å². The van der Waals surface area contributed by atoms with Crippen LogP contribution in [0.2, 0.25) is 0 Å². The molecule has 4 nitrogen and oxygen atoms in total. The Balaban J connectivity index is 2.97. The molecule has 0 unspecified atom stereocenters. The normalized spacial score (nSPS) is 10.6. The van der Waals surface area contributed by atoms with Crippen molar-refractivity contribution in [3.63, 3.8) is 0 Å². The van der Waals surface area contributed by atoms with E-state index in [4.69, 9.17) is 9.84 Å². The van der Waals surface area contributed by atoms with Gasteiger partial charge in [0, 0.05) is 12.2 Å². The van der Waals surface area contributed by atoms with Crippen LogP contribution < -0.4 is 4.74 Å². The van der Waals surface area contributed by atoms with Gasteiger partial charge in [0.05, 0.1) is 0 Å². The first-order valence-electron chi connectivity index (χ1n) is 5.67. The molecule has 0 aliphatic carbocycles. The molecule has 0 spiro atoms. The van der Waals surface area contributed by atoms with Crippen LogP contribution in [0.3, 0.4) is 0 Å². The second-order valence-electron chi connectivity index (χ2n) is 4.02. The SMILES string of the molecule is CCc1cc(C)cc(C)c1OC(=O)/C=C/C(=O)O. The van der Waals surface area contributed by atoms with E-state index >= 15 is 0 Å². The molecular weight excluding hydrogens is 232 g/mol. The number of aryl methyl sites for hydroxylation is 3. The minimum atomic E-state index is -1.18. The first-order chi connectivity index (χ1) is 8.43. The van der Waals surface area contributed by atoms with Crippen LogP contribution >= 0.6 is 0 Å². The molecule has 0 saturated carbocycles. The number of hydrogen-bond acceptors (Lipinski definition) is 3. The maximum Gasteiger partial charge on any atom is 0.336 e. The Bertz CT molecular complexity index is 501. The number of aliphatic carboxylic acids is 1. The quantitative estimate of drug-likeness (QED) is 0.505. The second kappa shape index (κ2) is 6.00. The first-order valence-corrected chi connectivity index (χ1v) is 5.67. The molecule has 0 fully saturated rings. The fraction of sp³-hybridized carbons (Fsp3) is 0.286. The lowest BCUT2D eigenvalue weighted by molar-refractivity contribution is -0.133. The summed E-state index contributed by atoms with van der Waals surface area (Å²) in [6.07, 6.45) is 2.41. The smallest absolute Gasteiger partial charge is 0.336 e. The highest BCUT2D eigenvalue weighted by atomic mass is 16.5. The van der Waals surface area contributed by atoms with Crippen LogP contribution in [0.1, 0.15) is 23.6 Å².